The van der Waals surface area contributed by atoms with E-state index < -0.39 is 0 Å². The number of nitrogens with two attached hydrogens (primary N) is 1. The largest absolute Gasteiger partial charge is 0.330 e. The van der Waals surface area contributed by atoms with Crippen LogP contribution in [0.15, 0.2) is 18.3 Å². The zero-order chi connectivity index (χ0) is 12.7. The number of rotatable bonds is 6. The first-order chi connectivity index (χ1) is 8.03. The minimum Gasteiger partial charge on any atom is -0.330 e. The first kappa shape index (κ1) is 13.6. The van der Waals surface area contributed by atoms with Crippen LogP contribution >= 0.6 is 0 Å². The van der Waals surface area contributed by atoms with E-state index in [1.54, 1.807) is 18.3 Å². The minimum absolute atomic E-state index is 0.0319. The molecule has 17 heavy (non-hydrogen) atoms. The van der Waals surface area contributed by atoms with Crippen LogP contribution in [0.25, 0.3) is 0 Å². The Morgan fingerprint density at radius 1 is 1.47 bits per heavy atom. The van der Waals surface area contributed by atoms with Crippen LogP contribution < -0.4 is 11.1 Å². The highest BCUT2D eigenvalue weighted by atomic mass is 16.1. The van der Waals surface area contributed by atoms with Crippen LogP contribution in [0.2, 0.25) is 0 Å². The van der Waals surface area contributed by atoms with E-state index in [1.165, 1.54) is 0 Å². The molecule has 0 aliphatic rings. The highest BCUT2D eigenvalue weighted by Crippen LogP contribution is 2.25. The second-order valence-electron chi connectivity index (χ2n) is 4.86. The van der Waals surface area contributed by atoms with Crippen molar-refractivity contribution < 1.29 is 4.79 Å². The van der Waals surface area contributed by atoms with Gasteiger partial charge in [-0.2, -0.15) is 5.10 Å². The van der Waals surface area contributed by atoms with Gasteiger partial charge in [0.1, 0.15) is 0 Å². The molecule has 0 bridgehead atoms. The van der Waals surface area contributed by atoms with E-state index in [2.05, 4.69) is 29.4 Å². The zero-order valence-electron chi connectivity index (χ0n) is 10.4. The lowest BCUT2D eigenvalue weighted by Gasteiger charge is -2.23. The fourth-order valence-electron chi connectivity index (χ4n) is 1.54. The molecule has 0 aliphatic heterocycles. The number of hydrogen-bond acceptors (Lipinski definition) is 4. The summed E-state index contributed by atoms with van der Waals surface area (Å²) >= 11 is 0. The van der Waals surface area contributed by atoms with E-state index in [9.17, 15) is 4.79 Å². The molecule has 0 fully saturated rings. The van der Waals surface area contributed by atoms with Crippen LogP contribution in [0, 0.1) is 5.41 Å². The third kappa shape index (κ3) is 5.40. The minimum atomic E-state index is -0.0319. The number of hydrogen-bond donors (Lipinski definition) is 2. The third-order valence-electron chi connectivity index (χ3n) is 2.69. The second kappa shape index (κ2) is 6.30. The topological polar surface area (TPSA) is 80.9 Å². The Balaban J connectivity index is 2.36. The van der Waals surface area contributed by atoms with E-state index in [0.717, 1.165) is 12.8 Å². The highest BCUT2D eigenvalue weighted by molar-refractivity contribution is 5.89. The van der Waals surface area contributed by atoms with Crippen LogP contribution in [-0.4, -0.2) is 22.6 Å². The Hall–Kier alpha value is -1.49. The maximum absolute atomic E-state index is 11.7. The maximum atomic E-state index is 11.7. The summed E-state index contributed by atoms with van der Waals surface area (Å²) in [6.45, 7) is 4.89. The average Bonchev–Trinajstić information content (AvgIpc) is 2.28. The molecule has 1 heterocycles. The van der Waals surface area contributed by atoms with Gasteiger partial charge in [0.25, 0.3) is 0 Å². The van der Waals surface area contributed by atoms with E-state index in [1.807, 2.05) is 0 Å². The summed E-state index contributed by atoms with van der Waals surface area (Å²) < 4.78 is 0. The molecule has 0 unspecified atom stereocenters. The molecule has 0 saturated carbocycles. The van der Waals surface area contributed by atoms with Gasteiger partial charge in [-0.15, -0.1) is 5.10 Å². The summed E-state index contributed by atoms with van der Waals surface area (Å²) in [7, 11) is 0. The van der Waals surface area contributed by atoms with Gasteiger partial charge in [0.05, 0.1) is 0 Å². The van der Waals surface area contributed by atoms with Gasteiger partial charge >= 0.3 is 0 Å². The molecule has 1 aromatic rings. The molecule has 0 aromatic carbocycles. The van der Waals surface area contributed by atoms with Gasteiger partial charge in [0, 0.05) is 12.6 Å². The number of anilines is 1. The Bertz CT molecular complexity index is 351. The van der Waals surface area contributed by atoms with Crippen LogP contribution in [0.5, 0.6) is 0 Å². The lowest BCUT2D eigenvalue weighted by Crippen LogP contribution is -2.21. The van der Waals surface area contributed by atoms with Crippen LogP contribution in [0.1, 0.15) is 33.1 Å². The smallest absolute Gasteiger partial charge is 0.225 e. The van der Waals surface area contributed by atoms with E-state index in [4.69, 9.17) is 5.73 Å². The second-order valence-corrected chi connectivity index (χ2v) is 4.86. The fourth-order valence-corrected chi connectivity index (χ4v) is 1.54. The van der Waals surface area contributed by atoms with Gasteiger partial charge in [-0.3, -0.25) is 4.79 Å². The number of amides is 1. The Labute approximate surface area is 102 Å². The molecule has 94 valence electrons. The third-order valence-corrected chi connectivity index (χ3v) is 2.69. The number of nitrogens with one attached hydrogen (secondary N) is 1. The molecule has 5 heteroatoms. The monoisotopic (exact) mass is 236 g/mol. The van der Waals surface area contributed by atoms with Crippen molar-refractivity contribution in [3.8, 4) is 0 Å². The number of carbonyl (C=O) groups excluding carboxylic acids is 1. The van der Waals surface area contributed by atoms with Crippen LogP contribution in [0.3, 0.4) is 0 Å². The molecular weight excluding hydrogens is 216 g/mol. The molecule has 0 aliphatic carbocycles. The molecule has 0 saturated heterocycles. The molecule has 5 nitrogen and oxygen atoms in total. The molecule has 0 spiro atoms. The predicted octanol–water partition coefficient (Wildman–Crippen LogP) is 1.57. The Morgan fingerprint density at radius 3 is 2.82 bits per heavy atom. The van der Waals surface area contributed by atoms with Gasteiger partial charge in [-0.05, 0) is 36.9 Å². The summed E-state index contributed by atoms with van der Waals surface area (Å²) in [6.07, 6.45) is 3.78. The van der Waals surface area contributed by atoms with Crippen molar-refractivity contribution in [3.05, 3.63) is 18.3 Å². The summed E-state index contributed by atoms with van der Waals surface area (Å²) in [4.78, 5) is 11.7. The van der Waals surface area contributed by atoms with Crippen molar-refractivity contribution in [1.29, 1.82) is 0 Å². The number of aromatic nitrogens is 2. The van der Waals surface area contributed by atoms with E-state index >= 15 is 0 Å². The highest BCUT2D eigenvalue weighted by Gasteiger charge is 2.18. The average molecular weight is 236 g/mol. The lowest BCUT2D eigenvalue weighted by atomic mass is 9.84. The van der Waals surface area contributed by atoms with E-state index in [-0.39, 0.29) is 11.3 Å². The zero-order valence-corrected chi connectivity index (χ0v) is 10.4. The Morgan fingerprint density at radius 2 is 2.24 bits per heavy atom. The van der Waals surface area contributed by atoms with Crippen molar-refractivity contribution in [2.24, 2.45) is 11.1 Å². The first-order valence-electron chi connectivity index (χ1n) is 5.81. The number of carbonyl (C=O) groups is 1. The van der Waals surface area contributed by atoms with Crippen molar-refractivity contribution in [2.75, 3.05) is 11.9 Å². The standard InChI is InChI=1S/C12H20N4O/c1-12(2,7-8-13)6-5-11(17)15-10-4-3-9-14-16-10/h3-4,9H,5-8,13H2,1-2H3,(H,15,16,17). The molecule has 0 atom stereocenters. The number of nitrogens with zero attached hydrogens (tertiary/aromatic N) is 2. The van der Waals surface area contributed by atoms with Crippen molar-refractivity contribution >= 4 is 11.7 Å². The lowest BCUT2D eigenvalue weighted by molar-refractivity contribution is -0.116. The molecule has 1 amide bonds. The van der Waals surface area contributed by atoms with Crippen LogP contribution in [-0.2, 0) is 4.79 Å². The fraction of sp³-hybridized carbons (Fsp3) is 0.583. The van der Waals surface area contributed by atoms with Crippen molar-refractivity contribution in [1.82, 2.24) is 10.2 Å². The van der Waals surface area contributed by atoms with Crippen molar-refractivity contribution in [3.63, 3.8) is 0 Å². The van der Waals surface area contributed by atoms with Gasteiger partial charge < -0.3 is 11.1 Å². The quantitative estimate of drug-likeness (QED) is 0.785. The summed E-state index contributed by atoms with van der Waals surface area (Å²) in [5.74, 6) is 0.463. The molecular formula is C12H20N4O. The van der Waals surface area contributed by atoms with Gasteiger partial charge in [-0.25, -0.2) is 0 Å². The Kier molecular flexibility index (Phi) is 5.03. The molecule has 1 aromatic heterocycles. The van der Waals surface area contributed by atoms with E-state index in [0.29, 0.717) is 18.8 Å². The predicted molar refractivity (Wildman–Crippen MR) is 67.3 cm³/mol. The maximum Gasteiger partial charge on any atom is 0.225 e. The summed E-state index contributed by atoms with van der Waals surface area (Å²) in [5.41, 5.74) is 5.63. The van der Waals surface area contributed by atoms with Gasteiger partial charge in [0.2, 0.25) is 5.91 Å². The molecule has 3 N–H and O–H groups in total. The SMILES string of the molecule is CC(C)(CCN)CCC(=O)Nc1cccnn1. The summed E-state index contributed by atoms with van der Waals surface area (Å²) in [5, 5.41) is 10.2. The van der Waals surface area contributed by atoms with Crippen molar-refractivity contribution in [2.45, 2.75) is 33.1 Å². The van der Waals surface area contributed by atoms with Gasteiger partial charge in [-0.1, -0.05) is 13.8 Å². The normalized spacial score (nSPS) is 11.2. The van der Waals surface area contributed by atoms with Gasteiger partial charge in [0.15, 0.2) is 5.82 Å². The molecule has 0 radical (unpaired) electrons. The van der Waals surface area contributed by atoms with Crippen LogP contribution in [0.4, 0.5) is 5.82 Å². The first-order valence-corrected chi connectivity index (χ1v) is 5.81. The summed E-state index contributed by atoms with van der Waals surface area (Å²) in [6, 6.07) is 3.46. The molecule has 1 rings (SSSR count).